The Morgan fingerprint density at radius 3 is 2.45 bits per heavy atom. The number of aliphatic hydroxyl groups is 3. The van der Waals surface area contributed by atoms with Gasteiger partial charge in [-0.15, -0.1) is 0 Å². The molecule has 20 heavy (non-hydrogen) atoms. The van der Waals surface area contributed by atoms with Crippen molar-refractivity contribution < 1.29 is 24.6 Å². The molecule has 0 aliphatic carbocycles. The van der Waals surface area contributed by atoms with E-state index in [4.69, 9.17) is 30.3 Å². The third kappa shape index (κ3) is 2.82. The number of nitrogens with two attached hydrogens (primary N) is 1. The van der Waals surface area contributed by atoms with Crippen LogP contribution in [-0.2, 0) is 0 Å². The third-order valence-electron chi connectivity index (χ3n) is 2.82. The van der Waals surface area contributed by atoms with E-state index in [2.05, 4.69) is 0 Å². The molecule has 112 valence electrons. The number of furan rings is 1. The van der Waals surface area contributed by atoms with Gasteiger partial charge in [-0.2, -0.15) is 4.73 Å². The molecule has 8 nitrogen and oxygen atoms in total. The fourth-order valence-electron chi connectivity index (χ4n) is 2.05. The van der Waals surface area contributed by atoms with Crippen LogP contribution in [0, 0.1) is 0 Å². The third-order valence-corrected chi connectivity index (χ3v) is 2.82. The smallest absolute Gasteiger partial charge is 0.193 e. The van der Waals surface area contributed by atoms with Crippen molar-refractivity contribution in [2.24, 2.45) is 0 Å². The maximum atomic E-state index is 9.10. The first-order chi connectivity index (χ1) is 9.71. The second kappa shape index (κ2) is 6.51. The Morgan fingerprint density at radius 2 is 1.85 bits per heavy atom. The lowest BCUT2D eigenvalue weighted by molar-refractivity contribution is 0.0845. The maximum Gasteiger partial charge on any atom is 0.193 e. The minimum absolute atomic E-state index is 0.0608. The van der Waals surface area contributed by atoms with E-state index in [-0.39, 0.29) is 32.3 Å². The number of aromatic nitrogens is 1. The summed E-state index contributed by atoms with van der Waals surface area (Å²) in [5.74, 6) is 0.883. The summed E-state index contributed by atoms with van der Waals surface area (Å²) in [5.41, 5.74) is 6.77. The summed E-state index contributed by atoms with van der Waals surface area (Å²) in [6, 6.07) is 3.33. The maximum absolute atomic E-state index is 9.10. The van der Waals surface area contributed by atoms with E-state index < -0.39 is 0 Å². The van der Waals surface area contributed by atoms with Gasteiger partial charge in [0.25, 0.3) is 0 Å². The molecule has 0 aliphatic rings. The predicted molar refractivity (Wildman–Crippen MR) is 73.5 cm³/mol. The van der Waals surface area contributed by atoms with Crippen molar-refractivity contribution in [1.82, 2.24) is 4.73 Å². The van der Waals surface area contributed by atoms with Crippen LogP contribution in [0.2, 0.25) is 0 Å². The van der Waals surface area contributed by atoms with Gasteiger partial charge in [0, 0.05) is 25.2 Å². The zero-order valence-electron chi connectivity index (χ0n) is 11.0. The molecule has 5 N–H and O–H groups in total. The van der Waals surface area contributed by atoms with Crippen molar-refractivity contribution in [3.05, 3.63) is 12.1 Å². The molecule has 0 saturated carbocycles. The van der Waals surface area contributed by atoms with Gasteiger partial charge in [0.05, 0.1) is 19.8 Å². The minimum atomic E-state index is -0.132. The molecular weight excluding hydrogens is 266 g/mol. The number of nitrogen functional groups attached to an aromatic ring is 1. The minimum Gasteiger partial charge on any atom is -0.439 e. The lowest BCUT2D eigenvalue weighted by atomic mass is 10.4. The topological polar surface area (TPSA) is 117 Å². The molecule has 0 saturated heterocycles. The van der Waals surface area contributed by atoms with Gasteiger partial charge < -0.3 is 35.2 Å². The summed E-state index contributed by atoms with van der Waals surface area (Å²) < 4.78 is 6.82. The lowest BCUT2D eigenvalue weighted by Crippen LogP contribution is -2.33. The molecule has 0 atom stereocenters. The van der Waals surface area contributed by atoms with E-state index in [9.17, 15) is 0 Å². The number of rotatable bonds is 8. The highest BCUT2D eigenvalue weighted by Crippen LogP contribution is 2.29. The predicted octanol–water partition coefficient (Wildman–Crippen LogP) is -0.972. The highest BCUT2D eigenvalue weighted by atomic mass is 16.7. The largest absolute Gasteiger partial charge is 0.439 e. The summed E-state index contributed by atoms with van der Waals surface area (Å²) in [4.78, 5) is 7.23. The number of aliphatic hydroxyl groups excluding tert-OH is 3. The Morgan fingerprint density at radius 1 is 1.15 bits per heavy atom. The van der Waals surface area contributed by atoms with Gasteiger partial charge in [0.1, 0.15) is 17.9 Å². The number of hydrogen-bond acceptors (Lipinski definition) is 7. The Labute approximate surface area is 115 Å². The van der Waals surface area contributed by atoms with Crippen LogP contribution in [-0.4, -0.2) is 59.6 Å². The Kier molecular flexibility index (Phi) is 4.72. The van der Waals surface area contributed by atoms with Gasteiger partial charge in [-0.3, -0.25) is 0 Å². The molecule has 0 amide bonds. The van der Waals surface area contributed by atoms with Crippen LogP contribution < -0.4 is 15.5 Å². The van der Waals surface area contributed by atoms with E-state index in [1.54, 1.807) is 17.0 Å². The summed E-state index contributed by atoms with van der Waals surface area (Å²) in [6.45, 7) is 0.528. The standard InChI is InChI=1S/C12H19N3O5/c13-11-7-9-10(20-11)8-12(15(9)19-6-5-18)14(1-3-16)2-4-17/h7-8,16-18H,1-6,13H2. The Hall–Kier alpha value is -1.90. The molecule has 0 radical (unpaired) electrons. The number of nitrogens with zero attached hydrogens (tertiary/aromatic N) is 2. The van der Waals surface area contributed by atoms with Gasteiger partial charge in [-0.05, 0) is 0 Å². The van der Waals surface area contributed by atoms with Gasteiger partial charge in [-0.25, -0.2) is 0 Å². The average molecular weight is 285 g/mol. The number of fused-ring (bicyclic) bond motifs is 1. The van der Waals surface area contributed by atoms with Crippen LogP contribution in [0.1, 0.15) is 0 Å². The summed E-state index contributed by atoms with van der Waals surface area (Å²) in [7, 11) is 0. The summed E-state index contributed by atoms with van der Waals surface area (Å²) >= 11 is 0. The van der Waals surface area contributed by atoms with Crippen molar-refractivity contribution in [1.29, 1.82) is 0 Å². The van der Waals surface area contributed by atoms with E-state index in [1.807, 2.05) is 0 Å². The van der Waals surface area contributed by atoms with Crippen LogP contribution >= 0.6 is 0 Å². The first-order valence-corrected chi connectivity index (χ1v) is 6.32. The Balaban J connectivity index is 2.40. The monoisotopic (exact) mass is 285 g/mol. The van der Waals surface area contributed by atoms with Gasteiger partial charge in [0.2, 0.25) is 0 Å². The first-order valence-electron chi connectivity index (χ1n) is 6.32. The van der Waals surface area contributed by atoms with Gasteiger partial charge in [0.15, 0.2) is 11.5 Å². The lowest BCUT2D eigenvalue weighted by Gasteiger charge is -2.24. The summed E-state index contributed by atoms with van der Waals surface area (Å²) in [5, 5.41) is 27.1. The fraction of sp³-hybridized carbons (Fsp3) is 0.500. The second-order valence-corrected chi connectivity index (χ2v) is 4.19. The van der Waals surface area contributed by atoms with Crippen LogP contribution in [0.4, 0.5) is 11.7 Å². The fourth-order valence-corrected chi connectivity index (χ4v) is 2.05. The Bertz CT molecular complexity index is 545. The molecular formula is C12H19N3O5. The van der Waals surface area contributed by atoms with Gasteiger partial charge >= 0.3 is 0 Å². The van der Waals surface area contributed by atoms with Crippen LogP contribution in [0.3, 0.4) is 0 Å². The zero-order chi connectivity index (χ0) is 14.5. The second-order valence-electron chi connectivity index (χ2n) is 4.19. The highest BCUT2D eigenvalue weighted by molar-refractivity contribution is 5.82. The average Bonchev–Trinajstić information content (AvgIpc) is 2.92. The van der Waals surface area contributed by atoms with E-state index in [0.29, 0.717) is 30.0 Å². The molecule has 2 rings (SSSR count). The van der Waals surface area contributed by atoms with Crippen molar-refractivity contribution in [2.45, 2.75) is 0 Å². The quantitative estimate of drug-likeness (QED) is 0.493. The molecule has 0 aromatic carbocycles. The molecule has 0 bridgehead atoms. The first kappa shape index (κ1) is 14.5. The van der Waals surface area contributed by atoms with Crippen LogP contribution in [0.25, 0.3) is 11.1 Å². The SMILES string of the molecule is Nc1cc2c(cc(N(CCO)CCO)n2OCCO)o1. The zero-order valence-corrected chi connectivity index (χ0v) is 11.0. The number of hydrogen-bond donors (Lipinski definition) is 4. The van der Waals surface area contributed by atoms with E-state index in [1.165, 1.54) is 4.73 Å². The molecule has 8 heteroatoms. The molecule has 2 aromatic rings. The highest BCUT2D eigenvalue weighted by Gasteiger charge is 2.19. The van der Waals surface area contributed by atoms with Crippen molar-refractivity contribution >= 4 is 22.8 Å². The molecule has 0 spiro atoms. The van der Waals surface area contributed by atoms with Gasteiger partial charge in [-0.1, -0.05) is 0 Å². The molecule has 2 aromatic heterocycles. The van der Waals surface area contributed by atoms with E-state index in [0.717, 1.165) is 0 Å². The van der Waals surface area contributed by atoms with Crippen molar-refractivity contribution in [3.8, 4) is 0 Å². The molecule has 2 heterocycles. The number of anilines is 2. The summed E-state index contributed by atoms with van der Waals surface area (Å²) in [6.07, 6.45) is 0. The molecule has 0 aliphatic heterocycles. The molecule has 0 fully saturated rings. The van der Waals surface area contributed by atoms with E-state index >= 15 is 0 Å². The van der Waals surface area contributed by atoms with Crippen molar-refractivity contribution in [3.63, 3.8) is 0 Å². The molecule has 0 unspecified atom stereocenters. The normalized spacial score (nSPS) is 11.2. The van der Waals surface area contributed by atoms with Crippen molar-refractivity contribution in [2.75, 3.05) is 50.2 Å². The van der Waals surface area contributed by atoms with Crippen LogP contribution in [0.15, 0.2) is 16.5 Å². The van der Waals surface area contributed by atoms with Crippen LogP contribution in [0.5, 0.6) is 0 Å².